The number of hydrogen-bond acceptors (Lipinski definition) is 2. The van der Waals surface area contributed by atoms with Crippen molar-refractivity contribution in [2.45, 2.75) is 31.9 Å². The van der Waals surface area contributed by atoms with Crippen LogP contribution >= 0.6 is 12.6 Å². The molecule has 0 bridgehead atoms. The summed E-state index contributed by atoms with van der Waals surface area (Å²) < 4.78 is 0. The summed E-state index contributed by atoms with van der Waals surface area (Å²) in [7, 11) is 0. The smallest absolute Gasteiger partial charge is 0.00667 e. The van der Waals surface area contributed by atoms with E-state index in [1.54, 1.807) is 0 Å². The van der Waals surface area contributed by atoms with E-state index in [-0.39, 0.29) is 0 Å². The van der Waals surface area contributed by atoms with Crippen LogP contribution in [0.4, 0.5) is 0 Å². The van der Waals surface area contributed by atoms with E-state index < -0.39 is 0 Å². The first-order valence-corrected chi connectivity index (χ1v) is 5.16. The van der Waals surface area contributed by atoms with Gasteiger partial charge in [0.15, 0.2) is 0 Å². The Hall–Kier alpha value is 0.310. The van der Waals surface area contributed by atoms with E-state index >= 15 is 0 Å². The van der Waals surface area contributed by atoms with E-state index in [9.17, 15) is 0 Å². The van der Waals surface area contributed by atoms with Gasteiger partial charge in [0.1, 0.15) is 0 Å². The molecule has 2 unspecified atom stereocenters. The van der Waals surface area contributed by atoms with Crippen molar-refractivity contribution < 1.29 is 0 Å². The molecule has 66 valence electrons. The molecule has 1 rings (SSSR count). The molecule has 1 heterocycles. The van der Waals surface area contributed by atoms with Crippen molar-refractivity contribution in [3.63, 3.8) is 0 Å². The Labute approximate surface area is 75.6 Å². The summed E-state index contributed by atoms with van der Waals surface area (Å²) in [5, 5.41) is 0.642. The van der Waals surface area contributed by atoms with Crippen molar-refractivity contribution in [3.05, 3.63) is 0 Å². The third-order valence-electron chi connectivity index (χ3n) is 2.48. The Morgan fingerprint density at radius 1 is 1.55 bits per heavy atom. The van der Waals surface area contributed by atoms with Gasteiger partial charge >= 0.3 is 0 Å². The highest BCUT2D eigenvalue weighted by atomic mass is 32.1. The van der Waals surface area contributed by atoms with Gasteiger partial charge in [-0.2, -0.15) is 12.6 Å². The molecule has 0 spiro atoms. The zero-order valence-corrected chi connectivity index (χ0v) is 8.48. The van der Waals surface area contributed by atoms with E-state index in [1.165, 1.54) is 32.5 Å². The number of likely N-dealkylation sites (tertiary alicyclic amines) is 1. The van der Waals surface area contributed by atoms with Crippen molar-refractivity contribution >= 4 is 12.6 Å². The average molecular weight is 173 g/mol. The molecule has 1 aliphatic rings. The normalized spacial score (nSPS) is 34.1. The first-order chi connectivity index (χ1) is 5.24. The molecular weight excluding hydrogens is 154 g/mol. The fourth-order valence-corrected chi connectivity index (χ4v) is 1.95. The van der Waals surface area contributed by atoms with Crippen LogP contribution in [0.5, 0.6) is 0 Å². The van der Waals surface area contributed by atoms with E-state index in [1.807, 2.05) is 0 Å². The summed E-state index contributed by atoms with van der Waals surface area (Å²) >= 11 is 4.54. The lowest BCUT2D eigenvalue weighted by atomic mass is 9.99. The zero-order valence-electron chi connectivity index (χ0n) is 7.58. The van der Waals surface area contributed by atoms with Crippen molar-refractivity contribution in [3.8, 4) is 0 Å². The van der Waals surface area contributed by atoms with Gasteiger partial charge in [0.05, 0.1) is 0 Å². The summed E-state index contributed by atoms with van der Waals surface area (Å²) in [5.41, 5.74) is 0. The van der Waals surface area contributed by atoms with Gasteiger partial charge in [-0.15, -0.1) is 0 Å². The van der Waals surface area contributed by atoms with Gasteiger partial charge in [-0.25, -0.2) is 0 Å². The number of thiol groups is 1. The lowest BCUT2D eigenvalue weighted by Crippen LogP contribution is -2.40. The Kier molecular flexibility index (Phi) is 3.73. The summed E-state index contributed by atoms with van der Waals surface area (Å²) in [4.78, 5) is 2.55. The fraction of sp³-hybridized carbons (Fsp3) is 1.00. The standard InChI is InChI=1S/C9H19NS/c1-3-5-10-6-4-9(11)8(2)7-10/h8-9,11H,3-7H2,1-2H3. The van der Waals surface area contributed by atoms with Gasteiger partial charge in [0.25, 0.3) is 0 Å². The van der Waals surface area contributed by atoms with Crippen LogP contribution in [0.15, 0.2) is 0 Å². The summed E-state index contributed by atoms with van der Waals surface area (Å²) in [6.45, 7) is 8.33. The fourth-order valence-electron chi connectivity index (χ4n) is 1.74. The summed E-state index contributed by atoms with van der Waals surface area (Å²) in [5.74, 6) is 0.777. The minimum atomic E-state index is 0.642. The van der Waals surface area contributed by atoms with Gasteiger partial charge in [0, 0.05) is 11.8 Å². The quantitative estimate of drug-likeness (QED) is 0.625. The van der Waals surface area contributed by atoms with E-state index in [4.69, 9.17) is 0 Å². The topological polar surface area (TPSA) is 3.24 Å². The Bertz CT molecular complexity index is 116. The van der Waals surface area contributed by atoms with Crippen LogP contribution in [0.3, 0.4) is 0 Å². The second kappa shape index (κ2) is 4.36. The highest BCUT2D eigenvalue weighted by Crippen LogP contribution is 2.20. The Balaban J connectivity index is 2.28. The van der Waals surface area contributed by atoms with Crippen molar-refractivity contribution in [1.29, 1.82) is 0 Å². The SMILES string of the molecule is CCCN1CCC(S)C(C)C1. The molecule has 0 aromatic heterocycles. The van der Waals surface area contributed by atoms with Crippen molar-refractivity contribution in [2.24, 2.45) is 5.92 Å². The minimum absolute atomic E-state index is 0.642. The van der Waals surface area contributed by atoms with Crippen LogP contribution in [0.25, 0.3) is 0 Å². The molecule has 0 aromatic carbocycles. The molecule has 0 aliphatic carbocycles. The molecule has 1 aliphatic heterocycles. The number of rotatable bonds is 2. The lowest BCUT2D eigenvalue weighted by Gasteiger charge is -2.34. The Morgan fingerprint density at radius 2 is 2.27 bits per heavy atom. The second-order valence-corrected chi connectivity index (χ2v) is 4.30. The molecule has 2 heteroatoms. The maximum Gasteiger partial charge on any atom is 0.00667 e. The molecule has 0 N–H and O–H groups in total. The molecule has 0 aromatic rings. The molecule has 0 saturated carbocycles. The van der Waals surface area contributed by atoms with Crippen LogP contribution in [0.2, 0.25) is 0 Å². The van der Waals surface area contributed by atoms with Crippen molar-refractivity contribution in [1.82, 2.24) is 4.90 Å². The number of piperidine rings is 1. The molecule has 0 amide bonds. The first kappa shape index (κ1) is 9.40. The molecule has 2 atom stereocenters. The van der Waals surface area contributed by atoms with Gasteiger partial charge in [-0.3, -0.25) is 0 Å². The highest BCUT2D eigenvalue weighted by molar-refractivity contribution is 7.81. The van der Waals surface area contributed by atoms with Gasteiger partial charge in [-0.05, 0) is 31.8 Å². The molecule has 1 nitrogen and oxygen atoms in total. The molecular formula is C9H19NS. The van der Waals surface area contributed by atoms with Crippen LogP contribution in [0, 0.1) is 5.92 Å². The van der Waals surface area contributed by atoms with Crippen LogP contribution in [-0.4, -0.2) is 29.8 Å². The third-order valence-corrected chi connectivity index (χ3v) is 3.25. The van der Waals surface area contributed by atoms with E-state index in [2.05, 4.69) is 31.4 Å². The summed E-state index contributed by atoms with van der Waals surface area (Å²) in [6.07, 6.45) is 2.55. The first-order valence-electron chi connectivity index (χ1n) is 4.64. The van der Waals surface area contributed by atoms with Crippen LogP contribution in [-0.2, 0) is 0 Å². The zero-order chi connectivity index (χ0) is 8.27. The lowest BCUT2D eigenvalue weighted by molar-refractivity contribution is 0.190. The van der Waals surface area contributed by atoms with Crippen LogP contribution in [0.1, 0.15) is 26.7 Å². The largest absolute Gasteiger partial charge is 0.303 e. The van der Waals surface area contributed by atoms with E-state index in [0.29, 0.717) is 5.25 Å². The van der Waals surface area contributed by atoms with Crippen LogP contribution < -0.4 is 0 Å². The predicted octanol–water partition coefficient (Wildman–Crippen LogP) is 2.04. The summed E-state index contributed by atoms with van der Waals surface area (Å²) in [6, 6.07) is 0. The third kappa shape index (κ3) is 2.68. The maximum atomic E-state index is 4.54. The minimum Gasteiger partial charge on any atom is -0.303 e. The number of nitrogens with zero attached hydrogens (tertiary/aromatic N) is 1. The number of hydrogen-bond donors (Lipinski definition) is 1. The molecule has 1 saturated heterocycles. The Morgan fingerprint density at radius 3 is 2.82 bits per heavy atom. The molecule has 1 fully saturated rings. The van der Waals surface area contributed by atoms with Gasteiger partial charge < -0.3 is 4.90 Å². The highest BCUT2D eigenvalue weighted by Gasteiger charge is 2.22. The predicted molar refractivity (Wildman–Crippen MR) is 53.3 cm³/mol. The second-order valence-electron chi connectivity index (χ2n) is 3.63. The molecule has 0 radical (unpaired) electrons. The molecule has 11 heavy (non-hydrogen) atoms. The average Bonchev–Trinajstić information content (AvgIpc) is 1.98. The van der Waals surface area contributed by atoms with Crippen molar-refractivity contribution in [2.75, 3.05) is 19.6 Å². The maximum absolute atomic E-state index is 4.54. The van der Waals surface area contributed by atoms with Gasteiger partial charge in [-0.1, -0.05) is 13.8 Å². The van der Waals surface area contributed by atoms with Gasteiger partial charge in [0.2, 0.25) is 0 Å². The monoisotopic (exact) mass is 173 g/mol. The van der Waals surface area contributed by atoms with E-state index in [0.717, 1.165) is 5.92 Å².